The van der Waals surface area contributed by atoms with Crippen LogP contribution in [0.25, 0.3) is 0 Å². The van der Waals surface area contributed by atoms with Gasteiger partial charge in [-0.25, -0.2) is 0 Å². The van der Waals surface area contributed by atoms with Crippen LogP contribution in [0.2, 0.25) is 0 Å². The van der Waals surface area contributed by atoms with Gasteiger partial charge in [0, 0.05) is 25.5 Å². The molecular formula is C12H17N3O2. The van der Waals surface area contributed by atoms with Crippen LogP contribution in [0, 0.1) is 5.92 Å². The van der Waals surface area contributed by atoms with Crippen molar-refractivity contribution >= 4 is 11.6 Å². The van der Waals surface area contributed by atoms with Gasteiger partial charge in [0.25, 0.3) is 5.91 Å². The van der Waals surface area contributed by atoms with E-state index in [0.29, 0.717) is 18.2 Å². The van der Waals surface area contributed by atoms with Crippen molar-refractivity contribution in [1.29, 1.82) is 0 Å². The highest BCUT2D eigenvalue weighted by Crippen LogP contribution is 2.32. The second kappa shape index (κ2) is 5.14. The second-order valence-electron chi connectivity index (χ2n) is 4.29. The topological polar surface area (TPSA) is 74.2 Å². The summed E-state index contributed by atoms with van der Waals surface area (Å²) in [6.45, 7) is 0.516. The third kappa shape index (κ3) is 3.17. The van der Waals surface area contributed by atoms with Crippen LogP contribution in [0.4, 0.5) is 5.69 Å². The van der Waals surface area contributed by atoms with E-state index in [1.165, 1.54) is 0 Å². The lowest BCUT2D eigenvalue weighted by Gasteiger charge is -2.12. The van der Waals surface area contributed by atoms with Gasteiger partial charge in [0.2, 0.25) is 0 Å². The Kier molecular flexibility index (Phi) is 3.58. The predicted molar refractivity (Wildman–Crippen MR) is 64.8 cm³/mol. The number of amides is 1. The molecule has 1 aromatic rings. The molecule has 1 aliphatic carbocycles. The molecule has 3 N–H and O–H groups in total. The van der Waals surface area contributed by atoms with Crippen molar-refractivity contribution in [1.82, 2.24) is 10.3 Å². The predicted octanol–water partition coefficient (Wildman–Crippen LogP) is 0.624. The molecule has 1 atom stereocenters. The summed E-state index contributed by atoms with van der Waals surface area (Å²) in [5, 5.41) is 15.4. The van der Waals surface area contributed by atoms with Gasteiger partial charge in [-0.1, -0.05) is 0 Å². The van der Waals surface area contributed by atoms with Gasteiger partial charge in [-0.3, -0.25) is 9.78 Å². The van der Waals surface area contributed by atoms with Crippen LogP contribution in [-0.4, -0.2) is 35.7 Å². The molecule has 2 rings (SSSR count). The molecule has 1 unspecified atom stereocenters. The molecule has 0 aliphatic heterocycles. The van der Waals surface area contributed by atoms with E-state index in [1.54, 1.807) is 25.4 Å². The standard InChI is InChI=1S/C12H17N3O2/c1-13-12(17)10-6-9(4-5-14-10)15-7-11(16)8-2-3-8/h4-6,8,11,16H,2-3,7H2,1H3,(H,13,17)(H,14,15). The highest BCUT2D eigenvalue weighted by atomic mass is 16.3. The first-order chi connectivity index (χ1) is 8.20. The molecule has 1 fully saturated rings. The van der Waals surface area contributed by atoms with E-state index >= 15 is 0 Å². The summed E-state index contributed by atoms with van der Waals surface area (Å²) in [5.41, 5.74) is 1.18. The summed E-state index contributed by atoms with van der Waals surface area (Å²) in [7, 11) is 1.57. The molecule has 0 radical (unpaired) electrons. The Labute approximate surface area is 100 Å². The number of aliphatic hydroxyl groups is 1. The number of aliphatic hydroxyl groups excluding tert-OH is 1. The fraction of sp³-hybridized carbons (Fsp3) is 0.500. The molecule has 92 valence electrons. The number of pyridine rings is 1. The summed E-state index contributed by atoms with van der Waals surface area (Å²) < 4.78 is 0. The third-order valence-electron chi connectivity index (χ3n) is 2.90. The summed E-state index contributed by atoms with van der Waals surface area (Å²) in [5.74, 6) is 0.235. The number of aromatic nitrogens is 1. The normalized spacial score (nSPS) is 16.4. The Hall–Kier alpha value is -1.62. The first-order valence-corrected chi connectivity index (χ1v) is 5.81. The zero-order chi connectivity index (χ0) is 12.3. The summed E-state index contributed by atoms with van der Waals surface area (Å²) in [6.07, 6.45) is 3.51. The average molecular weight is 235 g/mol. The van der Waals surface area contributed by atoms with Gasteiger partial charge >= 0.3 is 0 Å². The highest BCUT2D eigenvalue weighted by Gasteiger charge is 2.29. The van der Waals surface area contributed by atoms with Gasteiger partial charge in [-0.15, -0.1) is 0 Å². The van der Waals surface area contributed by atoms with E-state index in [1.807, 2.05) is 0 Å². The minimum absolute atomic E-state index is 0.212. The van der Waals surface area contributed by atoms with E-state index in [-0.39, 0.29) is 12.0 Å². The molecule has 1 aromatic heterocycles. The number of rotatable bonds is 5. The van der Waals surface area contributed by atoms with Crippen molar-refractivity contribution < 1.29 is 9.90 Å². The molecular weight excluding hydrogens is 218 g/mol. The lowest BCUT2D eigenvalue weighted by Crippen LogP contribution is -2.22. The van der Waals surface area contributed by atoms with Crippen LogP contribution < -0.4 is 10.6 Å². The summed E-state index contributed by atoms with van der Waals surface area (Å²) >= 11 is 0. The van der Waals surface area contributed by atoms with E-state index in [0.717, 1.165) is 18.5 Å². The van der Waals surface area contributed by atoms with Crippen molar-refractivity contribution in [3.05, 3.63) is 24.0 Å². The monoisotopic (exact) mass is 235 g/mol. The molecule has 1 amide bonds. The molecule has 0 bridgehead atoms. The first kappa shape index (κ1) is 11.9. The van der Waals surface area contributed by atoms with Gasteiger partial charge in [0.05, 0.1) is 6.10 Å². The number of hydrogen-bond acceptors (Lipinski definition) is 4. The summed E-state index contributed by atoms with van der Waals surface area (Å²) in [4.78, 5) is 15.3. The Morgan fingerprint density at radius 3 is 3.06 bits per heavy atom. The van der Waals surface area contributed by atoms with Crippen LogP contribution >= 0.6 is 0 Å². The Balaban J connectivity index is 1.93. The molecule has 1 heterocycles. The number of nitrogens with one attached hydrogen (secondary N) is 2. The third-order valence-corrected chi connectivity index (χ3v) is 2.90. The lowest BCUT2D eigenvalue weighted by atomic mass is 10.2. The van der Waals surface area contributed by atoms with Crippen LogP contribution in [0.5, 0.6) is 0 Å². The minimum atomic E-state index is -0.299. The Morgan fingerprint density at radius 2 is 2.41 bits per heavy atom. The lowest BCUT2D eigenvalue weighted by molar-refractivity contribution is 0.0958. The molecule has 1 aliphatic rings. The number of anilines is 1. The Morgan fingerprint density at radius 1 is 1.65 bits per heavy atom. The first-order valence-electron chi connectivity index (χ1n) is 5.81. The minimum Gasteiger partial charge on any atom is -0.391 e. The zero-order valence-electron chi connectivity index (χ0n) is 9.81. The SMILES string of the molecule is CNC(=O)c1cc(NCC(O)C2CC2)ccn1. The van der Waals surface area contributed by atoms with E-state index in [4.69, 9.17) is 0 Å². The maximum atomic E-state index is 11.4. The fourth-order valence-corrected chi connectivity index (χ4v) is 1.66. The molecule has 0 spiro atoms. The van der Waals surface area contributed by atoms with Crippen LogP contribution in [-0.2, 0) is 0 Å². The van der Waals surface area contributed by atoms with Gasteiger partial charge < -0.3 is 15.7 Å². The number of hydrogen-bond donors (Lipinski definition) is 3. The van der Waals surface area contributed by atoms with Crippen molar-refractivity contribution in [2.24, 2.45) is 5.92 Å². The number of carbonyl (C=O) groups is 1. The van der Waals surface area contributed by atoms with Crippen molar-refractivity contribution in [3.63, 3.8) is 0 Å². The van der Waals surface area contributed by atoms with Gasteiger partial charge in [-0.2, -0.15) is 0 Å². The molecule has 5 heteroatoms. The molecule has 17 heavy (non-hydrogen) atoms. The fourth-order valence-electron chi connectivity index (χ4n) is 1.66. The zero-order valence-corrected chi connectivity index (χ0v) is 9.81. The van der Waals surface area contributed by atoms with Crippen molar-refractivity contribution in [2.75, 3.05) is 18.9 Å². The van der Waals surface area contributed by atoms with Crippen molar-refractivity contribution in [3.8, 4) is 0 Å². The molecule has 5 nitrogen and oxygen atoms in total. The number of carbonyl (C=O) groups excluding carboxylic acids is 1. The number of nitrogens with zero attached hydrogens (tertiary/aromatic N) is 1. The quantitative estimate of drug-likeness (QED) is 0.699. The van der Waals surface area contributed by atoms with E-state index < -0.39 is 0 Å². The average Bonchev–Trinajstić information content (AvgIpc) is 3.19. The Bertz CT molecular complexity index is 404. The van der Waals surface area contributed by atoms with Crippen LogP contribution in [0.3, 0.4) is 0 Å². The maximum Gasteiger partial charge on any atom is 0.269 e. The smallest absolute Gasteiger partial charge is 0.269 e. The van der Waals surface area contributed by atoms with Crippen LogP contribution in [0.1, 0.15) is 23.3 Å². The second-order valence-corrected chi connectivity index (χ2v) is 4.29. The maximum absolute atomic E-state index is 11.4. The van der Waals surface area contributed by atoms with Gasteiger partial charge in [0.1, 0.15) is 5.69 Å². The van der Waals surface area contributed by atoms with Crippen LogP contribution in [0.15, 0.2) is 18.3 Å². The molecule has 0 saturated heterocycles. The summed E-state index contributed by atoms with van der Waals surface area (Å²) in [6, 6.07) is 3.46. The largest absolute Gasteiger partial charge is 0.391 e. The van der Waals surface area contributed by atoms with Gasteiger partial charge in [-0.05, 0) is 30.9 Å². The van der Waals surface area contributed by atoms with E-state index in [9.17, 15) is 9.90 Å². The van der Waals surface area contributed by atoms with Crippen molar-refractivity contribution in [2.45, 2.75) is 18.9 Å². The van der Waals surface area contributed by atoms with Gasteiger partial charge in [0.15, 0.2) is 0 Å². The highest BCUT2D eigenvalue weighted by molar-refractivity contribution is 5.92. The van der Waals surface area contributed by atoms with E-state index in [2.05, 4.69) is 15.6 Å². The molecule has 1 saturated carbocycles. The molecule has 0 aromatic carbocycles.